The van der Waals surface area contributed by atoms with Gasteiger partial charge in [-0.3, -0.25) is 4.79 Å². The standard InChI is InChI=1S/C16H16N2O3S2/c1-11(12-5-3-2-4-6-12)18-23(20,21)13-7-8-15-14(9-13)17-16(19)10-22-15/h2-9,11,18H,10H2,1H3,(H,17,19). The van der Waals surface area contributed by atoms with E-state index in [0.29, 0.717) is 11.4 Å². The molecule has 1 amide bonds. The zero-order valence-corrected chi connectivity index (χ0v) is 14.1. The van der Waals surface area contributed by atoms with Gasteiger partial charge in [0.2, 0.25) is 15.9 Å². The molecule has 0 spiro atoms. The number of benzene rings is 2. The van der Waals surface area contributed by atoms with Crippen LogP contribution in [0.1, 0.15) is 18.5 Å². The minimum atomic E-state index is -3.67. The Hall–Kier alpha value is -1.83. The molecular weight excluding hydrogens is 332 g/mol. The highest BCUT2D eigenvalue weighted by Gasteiger charge is 2.22. The van der Waals surface area contributed by atoms with E-state index >= 15 is 0 Å². The van der Waals surface area contributed by atoms with Crippen molar-refractivity contribution in [3.05, 3.63) is 54.1 Å². The van der Waals surface area contributed by atoms with Gasteiger partial charge in [0, 0.05) is 10.9 Å². The normalized spacial score (nSPS) is 15.6. The molecule has 0 fully saturated rings. The van der Waals surface area contributed by atoms with E-state index in [1.54, 1.807) is 19.1 Å². The summed E-state index contributed by atoms with van der Waals surface area (Å²) in [6, 6.07) is 13.8. The fourth-order valence-corrected chi connectivity index (χ4v) is 4.39. The second-order valence-corrected chi connectivity index (χ2v) is 7.98. The van der Waals surface area contributed by atoms with Crippen LogP contribution in [0.25, 0.3) is 0 Å². The molecule has 2 aromatic carbocycles. The van der Waals surface area contributed by atoms with Crippen LogP contribution in [0, 0.1) is 0 Å². The number of anilines is 1. The highest BCUT2D eigenvalue weighted by Crippen LogP contribution is 2.33. The van der Waals surface area contributed by atoms with Crippen LogP contribution in [0.15, 0.2) is 58.3 Å². The first-order valence-electron chi connectivity index (χ1n) is 7.10. The van der Waals surface area contributed by atoms with Crippen molar-refractivity contribution in [3.63, 3.8) is 0 Å². The predicted molar refractivity (Wildman–Crippen MR) is 91.0 cm³/mol. The van der Waals surface area contributed by atoms with E-state index in [9.17, 15) is 13.2 Å². The van der Waals surface area contributed by atoms with Gasteiger partial charge in [0.15, 0.2) is 0 Å². The fourth-order valence-electron chi connectivity index (χ4n) is 2.34. The summed E-state index contributed by atoms with van der Waals surface area (Å²) >= 11 is 1.40. The van der Waals surface area contributed by atoms with Crippen LogP contribution in [0.4, 0.5) is 5.69 Å². The van der Waals surface area contributed by atoms with Crippen LogP contribution in [0.3, 0.4) is 0 Å². The number of hydrogen-bond donors (Lipinski definition) is 2. The summed E-state index contributed by atoms with van der Waals surface area (Å²) in [5, 5.41) is 2.71. The Balaban J connectivity index is 1.85. The van der Waals surface area contributed by atoms with Crippen LogP contribution < -0.4 is 10.0 Å². The van der Waals surface area contributed by atoms with E-state index in [-0.39, 0.29) is 16.8 Å². The Kier molecular flexibility index (Phi) is 4.43. The van der Waals surface area contributed by atoms with Gasteiger partial charge in [-0.15, -0.1) is 11.8 Å². The van der Waals surface area contributed by atoms with Gasteiger partial charge in [-0.05, 0) is 30.7 Å². The largest absolute Gasteiger partial charge is 0.324 e. The Morgan fingerprint density at radius 2 is 1.91 bits per heavy atom. The van der Waals surface area contributed by atoms with Gasteiger partial charge in [-0.25, -0.2) is 13.1 Å². The van der Waals surface area contributed by atoms with Crippen molar-refractivity contribution < 1.29 is 13.2 Å². The molecule has 0 bridgehead atoms. The third kappa shape index (κ3) is 3.57. The van der Waals surface area contributed by atoms with Gasteiger partial charge in [-0.1, -0.05) is 30.3 Å². The molecule has 1 atom stereocenters. The molecule has 2 N–H and O–H groups in total. The van der Waals surface area contributed by atoms with Crippen LogP contribution in [0.2, 0.25) is 0 Å². The Bertz CT molecular complexity index is 836. The number of amides is 1. The number of rotatable bonds is 4. The molecule has 0 radical (unpaired) electrons. The zero-order valence-electron chi connectivity index (χ0n) is 12.4. The lowest BCUT2D eigenvalue weighted by atomic mass is 10.1. The molecule has 23 heavy (non-hydrogen) atoms. The highest BCUT2D eigenvalue weighted by molar-refractivity contribution is 8.00. The van der Waals surface area contributed by atoms with Gasteiger partial charge in [0.1, 0.15) is 0 Å². The lowest BCUT2D eigenvalue weighted by Crippen LogP contribution is -2.27. The minimum absolute atomic E-state index is 0.123. The maximum absolute atomic E-state index is 12.6. The summed E-state index contributed by atoms with van der Waals surface area (Å²) in [6.45, 7) is 1.79. The first-order valence-corrected chi connectivity index (χ1v) is 9.56. The molecule has 120 valence electrons. The molecule has 1 aliphatic heterocycles. The third-order valence-corrected chi connectivity index (χ3v) is 6.14. The summed E-state index contributed by atoms with van der Waals surface area (Å²) < 4.78 is 27.8. The van der Waals surface area contributed by atoms with Gasteiger partial charge in [-0.2, -0.15) is 0 Å². The van der Waals surface area contributed by atoms with Crippen molar-refractivity contribution in [3.8, 4) is 0 Å². The van der Waals surface area contributed by atoms with Crippen LogP contribution in [-0.2, 0) is 14.8 Å². The highest BCUT2D eigenvalue weighted by atomic mass is 32.2. The van der Waals surface area contributed by atoms with Crippen molar-refractivity contribution in [2.24, 2.45) is 0 Å². The number of fused-ring (bicyclic) bond motifs is 1. The maximum Gasteiger partial charge on any atom is 0.241 e. The quantitative estimate of drug-likeness (QED) is 0.891. The van der Waals surface area contributed by atoms with E-state index < -0.39 is 10.0 Å². The summed E-state index contributed by atoms with van der Waals surface area (Å²) in [4.78, 5) is 12.5. The molecule has 0 saturated heterocycles. The summed E-state index contributed by atoms with van der Waals surface area (Å²) in [5.74, 6) is 0.227. The van der Waals surface area contributed by atoms with Gasteiger partial charge >= 0.3 is 0 Å². The van der Waals surface area contributed by atoms with Crippen LogP contribution >= 0.6 is 11.8 Å². The van der Waals surface area contributed by atoms with E-state index in [2.05, 4.69) is 10.0 Å². The van der Waals surface area contributed by atoms with E-state index in [1.165, 1.54) is 17.8 Å². The molecule has 7 heteroatoms. The Morgan fingerprint density at radius 1 is 1.17 bits per heavy atom. The van der Waals surface area contributed by atoms with Crippen molar-refractivity contribution >= 4 is 33.4 Å². The van der Waals surface area contributed by atoms with Crippen molar-refractivity contribution in [2.45, 2.75) is 22.8 Å². The number of carbonyl (C=O) groups is 1. The Labute approximate surface area is 139 Å². The van der Waals surface area contributed by atoms with Gasteiger partial charge < -0.3 is 5.32 Å². The van der Waals surface area contributed by atoms with Gasteiger partial charge in [0.25, 0.3) is 0 Å². The smallest absolute Gasteiger partial charge is 0.241 e. The zero-order chi connectivity index (χ0) is 16.4. The second kappa shape index (κ2) is 6.35. The molecule has 0 saturated carbocycles. The lowest BCUT2D eigenvalue weighted by Gasteiger charge is -2.18. The number of hydrogen-bond acceptors (Lipinski definition) is 4. The molecular formula is C16H16N2O3S2. The fraction of sp³-hybridized carbons (Fsp3) is 0.188. The Morgan fingerprint density at radius 3 is 2.65 bits per heavy atom. The minimum Gasteiger partial charge on any atom is -0.324 e. The molecule has 1 aliphatic rings. The van der Waals surface area contributed by atoms with Gasteiger partial charge in [0.05, 0.1) is 16.3 Å². The number of carbonyl (C=O) groups excluding carboxylic acids is 1. The van der Waals surface area contributed by atoms with Crippen molar-refractivity contribution in [2.75, 3.05) is 11.1 Å². The average Bonchev–Trinajstić information content (AvgIpc) is 2.54. The number of thioether (sulfide) groups is 1. The molecule has 0 aliphatic carbocycles. The average molecular weight is 348 g/mol. The first kappa shape index (κ1) is 16.0. The third-order valence-electron chi connectivity index (χ3n) is 3.53. The lowest BCUT2D eigenvalue weighted by molar-refractivity contribution is -0.113. The van der Waals surface area contributed by atoms with Crippen LogP contribution in [0.5, 0.6) is 0 Å². The molecule has 0 aromatic heterocycles. The van der Waals surface area contributed by atoms with E-state index in [4.69, 9.17) is 0 Å². The SMILES string of the molecule is CC(NS(=O)(=O)c1ccc2c(c1)NC(=O)CS2)c1ccccc1. The summed E-state index contributed by atoms with van der Waals surface area (Å²) in [7, 11) is -3.67. The first-order chi connectivity index (χ1) is 11.0. The molecule has 1 heterocycles. The number of nitrogens with one attached hydrogen (secondary N) is 2. The predicted octanol–water partition coefficient (Wildman–Crippen LogP) is 2.77. The van der Waals surface area contributed by atoms with E-state index in [1.807, 2.05) is 30.3 Å². The maximum atomic E-state index is 12.6. The van der Waals surface area contributed by atoms with Crippen molar-refractivity contribution in [1.29, 1.82) is 0 Å². The molecule has 1 unspecified atom stereocenters. The molecule has 5 nitrogen and oxygen atoms in total. The van der Waals surface area contributed by atoms with Crippen molar-refractivity contribution in [1.82, 2.24) is 4.72 Å². The second-order valence-electron chi connectivity index (χ2n) is 5.25. The topological polar surface area (TPSA) is 75.3 Å². The number of sulfonamides is 1. The molecule has 3 rings (SSSR count). The van der Waals surface area contributed by atoms with Crippen LogP contribution in [-0.4, -0.2) is 20.1 Å². The molecule has 2 aromatic rings. The monoisotopic (exact) mass is 348 g/mol. The summed E-state index contributed by atoms with van der Waals surface area (Å²) in [5.41, 5.74) is 1.43. The summed E-state index contributed by atoms with van der Waals surface area (Å²) in [6.07, 6.45) is 0. The van der Waals surface area contributed by atoms with E-state index in [0.717, 1.165) is 10.5 Å².